The van der Waals surface area contributed by atoms with Crippen molar-refractivity contribution in [3.8, 4) is 0 Å². The molecule has 2 aromatic rings. The van der Waals surface area contributed by atoms with Gasteiger partial charge in [0.15, 0.2) is 5.17 Å². The van der Waals surface area contributed by atoms with Crippen LogP contribution in [0.1, 0.15) is 5.56 Å². The highest BCUT2D eigenvalue weighted by Gasteiger charge is 2.28. The van der Waals surface area contributed by atoms with Crippen LogP contribution in [0.2, 0.25) is 0 Å². The van der Waals surface area contributed by atoms with E-state index in [1.807, 2.05) is 36.4 Å². The summed E-state index contributed by atoms with van der Waals surface area (Å²) in [6.45, 7) is 3.21. The molecular formula is C20H18FN3OS. The molecule has 26 heavy (non-hydrogen) atoms. The average molecular weight is 367 g/mol. The summed E-state index contributed by atoms with van der Waals surface area (Å²) in [6.07, 6.45) is 1.89. The summed E-state index contributed by atoms with van der Waals surface area (Å²) in [5.74, 6) is -0.393. The molecule has 1 fully saturated rings. The fourth-order valence-corrected chi connectivity index (χ4v) is 4.01. The van der Waals surface area contributed by atoms with Gasteiger partial charge in [-0.15, -0.1) is 0 Å². The number of hydrogen-bond donors (Lipinski definition) is 0. The Labute approximate surface area is 156 Å². The second kappa shape index (κ2) is 7.33. The lowest BCUT2D eigenvalue weighted by atomic mass is 10.2. The van der Waals surface area contributed by atoms with Crippen molar-refractivity contribution in [1.82, 2.24) is 4.90 Å². The Balaban J connectivity index is 1.39. The standard InChI is InChI=1S/C20H18FN3OS/c21-16-6-8-17(9-7-16)23-10-12-24(13-11-23)20-22-19(25)18(26-20)14-15-4-2-1-3-5-15/h1-9,14H,10-13H2. The number of rotatable bonds is 2. The number of thioether (sulfide) groups is 1. The minimum Gasteiger partial charge on any atom is -0.368 e. The van der Waals surface area contributed by atoms with E-state index in [9.17, 15) is 9.18 Å². The van der Waals surface area contributed by atoms with Crippen LogP contribution in [0.4, 0.5) is 10.1 Å². The Morgan fingerprint density at radius 2 is 1.58 bits per heavy atom. The van der Waals surface area contributed by atoms with Crippen molar-refractivity contribution in [3.63, 3.8) is 0 Å². The monoisotopic (exact) mass is 367 g/mol. The molecule has 0 aromatic heterocycles. The topological polar surface area (TPSA) is 35.9 Å². The molecule has 2 aromatic carbocycles. The van der Waals surface area contributed by atoms with Gasteiger partial charge in [-0.05, 0) is 47.7 Å². The first-order valence-electron chi connectivity index (χ1n) is 8.52. The summed E-state index contributed by atoms with van der Waals surface area (Å²) in [6, 6.07) is 16.4. The molecule has 4 rings (SSSR count). The van der Waals surface area contributed by atoms with Crippen LogP contribution >= 0.6 is 11.8 Å². The first-order valence-corrected chi connectivity index (χ1v) is 9.34. The van der Waals surface area contributed by atoms with Crippen LogP contribution in [0.5, 0.6) is 0 Å². The number of hydrogen-bond acceptors (Lipinski definition) is 4. The molecule has 1 amide bonds. The fourth-order valence-electron chi connectivity index (χ4n) is 3.04. The van der Waals surface area contributed by atoms with Crippen LogP contribution < -0.4 is 4.90 Å². The van der Waals surface area contributed by atoms with Crippen molar-refractivity contribution in [2.75, 3.05) is 31.1 Å². The number of amides is 1. The van der Waals surface area contributed by atoms with Crippen molar-refractivity contribution in [2.45, 2.75) is 0 Å². The van der Waals surface area contributed by atoms with Crippen molar-refractivity contribution < 1.29 is 9.18 Å². The highest BCUT2D eigenvalue weighted by Crippen LogP contribution is 2.31. The molecule has 0 N–H and O–H groups in total. The van der Waals surface area contributed by atoms with Gasteiger partial charge >= 0.3 is 0 Å². The first kappa shape index (κ1) is 16.8. The Hall–Kier alpha value is -2.60. The number of piperazine rings is 1. The van der Waals surface area contributed by atoms with E-state index < -0.39 is 0 Å². The minimum absolute atomic E-state index is 0.171. The third kappa shape index (κ3) is 3.65. The van der Waals surface area contributed by atoms with Crippen molar-refractivity contribution in [3.05, 3.63) is 70.9 Å². The largest absolute Gasteiger partial charge is 0.368 e. The summed E-state index contributed by atoms with van der Waals surface area (Å²) >= 11 is 1.44. The number of carbonyl (C=O) groups is 1. The van der Waals surface area contributed by atoms with Gasteiger partial charge in [0.05, 0.1) is 4.91 Å². The summed E-state index contributed by atoms with van der Waals surface area (Å²) in [4.78, 5) is 21.5. The summed E-state index contributed by atoms with van der Waals surface area (Å²) in [5, 5.41) is 0.774. The smallest absolute Gasteiger partial charge is 0.286 e. The molecule has 4 nitrogen and oxygen atoms in total. The lowest BCUT2D eigenvalue weighted by molar-refractivity contribution is -0.113. The lowest BCUT2D eigenvalue weighted by Crippen LogP contribution is -2.47. The number of halogens is 1. The third-order valence-corrected chi connectivity index (χ3v) is 5.49. The Morgan fingerprint density at radius 1 is 0.923 bits per heavy atom. The quantitative estimate of drug-likeness (QED) is 0.760. The first-order chi connectivity index (χ1) is 12.7. The number of anilines is 1. The van der Waals surface area contributed by atoms with Gasteiger partial charge in [-0.2, -0.15) is 4.99 Å². The van der Waals surface area contributed by atoms with E-state index in [2.05, 4.69) is 14.8 Å². The highest BCUT2D eigenvalue weighted by molar-refractivity contribution is 8.18. The SMILES string of the molecule is O=C1N=C(N2CCN(c3ccc(F)cc3)CC2)SC1=Cc1ccccc1. The van der Waals surface area contributed by atoms with E-state index in [1.54, 1.807) is 12.1 Å². The molecule has 0 aliphatic carbocycles. The van der Waals surface area contributed by atoms with Crippen LogP contribution in [0.25, 0.3) is 6.08 Å². The Kier molecular flexibility index (Phi) is 4.75. The summed E-state index contributed by atoms with van der Waals surface area (Å²) < 4.78 is 13.1. The fraction of sp³-hybridized carbons (Fsp3) is 0.200. The van der Waals surface area contributed by atoms with Crippen LogP contribution in [0.15, 0.2) is 64.5 Å². The molecule has 1 saturated heterocycles. The molecule has 0 spiro atoms. The van der Waals surface area contributed by atoms with Crippen LogP contribution in [-0.2, 0) is 4.79 Å². The van der Waals surface area contributed by atoms with E-state index in [1.165, 1.54) is 23.9 Å². The molecular weight excluding hydrogens is 349 g/mol. The molecule has 6 heteroatoms. The number of nitrogens with zero attached hydrogens (tertiary/aromatic N) is 3. The lowest BCUT2D eigenvalue weighted by Gasteiger charge is -2.36. The minimum atomic E-state index is -0.222. The van der Waals surface area contributed by atoms with E-state index in [0.29, 0.717) is 4.91 Å². The predicted octanol–water partition coefficient (Wildman–Crippen LogP) is 3.62. The van der Waals surface area contributed by atoms with E-state index >= 15 is 0 Å². The van der Waals surface area contributed by atoms with Gasteiger partial charge in [0.2, 0.25) is 0 Å². The second-order valence-electron chi connectivity index (χ2n) is 6.17. The number of benzene rings is 2. The van der Waals surface area contributed by atoms with Gasteiger partial charge in [0.25, 0.3) is 5.91 Å². The average Bonchev–Trinajstić information content (AvgIpc) is 3.04. The molecule has 0 saturated carbocycles. The van der Waals surface area contributed by atoms with Crippen LogP contribution in [0.3, 0.4) is 0 Å². The predicted molar refractivity (Wildman–Crippen MR) is 105 cm³/mol. The van der Waals surface area contributed by atoms with Gasteiger partial charge in [-0.25, -0.2) is 4.39 Å². The van der Waals surface area contributed by atoms with Crippen molar-refractivity contribution >= 4 is 34.6 Å². The van der Waals surface area contributed by atoms with E-state index in [-0.39, 0.29) is 11.7 Å². The number of carbonyl (C=O) groups excluding carboxylic acids is 1. The molecule has 0 atom stereocenters. The summed E-state index contributed by atoms with van der Waals surface area (Å²) in [5.41, 5.74) is 2.02. The third-order valence-electron chi connectivity index (χ3n) is 4.45. The maximum atomic E-state index is 13.1. The van der Waals surface area contributed by atoms with Crippen LogP contribution in [-0.4, -0.2) is 42.2 Å². The molecule has 2 aliphatic rings. The molecule has 2 heterocycles. The number of aliphatic imine (C=N–C) groups is 1. The van der Waals surface area contributed by atoms with Gasteiger partial charge in [0, 0.05) is 31.9 Å². The van der Waals surface area contributed by atoms with Crippen LogP contribution in [0, 0.1) is 5.82 Å². The van der Waals surface area contributed by atoms with Gasteiger partial charge in [-0.1, -0.05) is 30.3 Å². The normalized spacial score (nSPS) is 19.2. The zero-order valence-corrected chi connectivity index (χ0v) is 15.0. The zero-order chi connectivity index (χ0) is 17.9. The van der Waals surface area contributed by atoms with Crippen molar-refractivity contribution in [1.29, 1.82) is 0 Å². The van der Waals surface area contributed by atoms with E-state index in [4.69, 9.17) is 0 Å². The maximum absolute atomic E-state index is 13.1. The molecule has 0 bridgehead atoms. The van der Waals surface area contributed by atoms with Crippen molar-refractivity contribution in [2.24, 2.45) is 4.99 Å². The van der Waals surface area contributed by atoms with Gasteiger partial charge < -0.3 is 9.80 Å². The Bertz CT molecular complexity index is 856. The highest BCUT2D eigenvalue weighted by atomic mass is 32.2. The zero-order valence-electron chi connectivity index (χ0n) is 14.1. The molecule has 0 unspecified atom stereocenters. The second-order valence-corrected chi connectivity index (χ2v) is 7.18. The molecule has 132 valence electrons. The molecule has 0 radical (unpaired) electrons. The molecule has 2 aliphatic heterocycles. The van der Waals surface area contributed by atoms with Gasteiger partial charge in [0.1, 0.15) is 5.82 Å². The maximum Gasteiger partial charge on any atom is 0.286 e. The number of amidine groups is 1. The Morgan fingerprint density at radius 3 is 2.27 bits per heavy atom. The van der Waals surface area contributed by atoms with E-state index in [0.717, 1.165) is 42.6 Å². The van der Waals surface area contributed by atoms with Gasteiger partial charge in [-0.3, -0.25) is 4.79 Å². The summed E-state index contributed by atoms with van der Waals surface area (Å²) in [7, 11) is 0.